The van der Waals surface area contributed by atoms with Gasteiger partial charge in [-0.05, 0) is 42.6 Å². The van der Waals surface area contributed by atoms with Crippen LogP contribution in [0.5, 0.6) is 0 Å². The highest BCUT2D eigenvalue weighted by molar-refractivity contribution is 7.38. The van der Waals surface area contributed by atoms with Crippen molar-refractivity contribution in [2.24, 2.45) is 0 Å². The summed E-state index contributed by atoms with van der Waals surface area (Å²) in [5.74, 6) is 0.844. The number of hydrogen-bond acceptors (Lipinski definition) is 0. The summed E-state index contributed by atoms with van der Waals surface area (Å²) in [5, 5.41) is 0. The highest BCUT2D eigenvalue weighted by atomic mass is 31.1. The minimum absolute atomic E-state index is 0. The Morgan fingerprint density at radius 2 is 1.62 bits per heavy atom. The SMILES string of the molecule is C.C.CCCCPC1CCCCCCC1c1ccccc1. The van der Waals surface area contributed by atoms with E-state index in [1.807, 2.05) is 0 Å². The number of benzene rings is 1. The fourth-order valence-corrected chi connectivity index (χ4v) is 5.27. The maximum absolute atomic E-state index is 2.36. The molecule has 122 valence electrons. The van der Waals surface area contributed by atoms with E-state index >= 15 is 0 Å². The molecule has 0 nitrogen and oxygen atoms in total. The third-order valence-electron chi connectivity index (χ3n) is 4.43. The zero-order chi connectivity index (χ0) is 13.3. The minimum atomic E-state index is 0. The maximum atomic E-state index is 2.36. The van der Waals surface area contributed by atoms with Gasteiger partial charge < -0.3 is 0 Å². The molecule has 0 spiro atoms. The molecule has 0 saturated heterocycles. The Morgan fingerprint density at radius 3 is 2.29 bits per heavy atom. The van der Waals surface area contributed by atoms with Gasteiger partial charge in [0.15, 0.2) is 0 Å². The van der Waals surface area contributed by atoms with Crippen molar-refractivity contribution < 1.29 is 0 Å². The van der Waals surface area contributed by atoms with Crippen LogP contribution in [-0.2, 0) is 0 Å². The lowest BCUT2D eigenvalue weighted by molar-refractivity contribution is 0.463. The fraction of sp³-hybridized carbons (Fsp3) is 0.700. The van der Waals surface area contributed by atoms with Crippen LogP contribution in [0.2, 0.25) is 0 Å². The first-order valence-corrected chi connectivity index (χ1v) is 9.48. The summed E-state index contributed by atoms with van der Waals surface area (Å²) >= 11 is 0. The second-order valence-electron chi connectivity index (χ2n) is 5.92. The predicted octanol–water partition coefficient (Wildman–Crippen LogP) is 7.24. The highest BCUT2D eigenvalue weighted by Crippen LogP contribution is 2.41. The Balaban J connectivity index is 0.00000200. The molecule has 0 aliphatic heterocycles. The van der Waals surface area contributed by atoms with E-state index in [2.05, 4.69) is 37.3 Å². The Kier molecular flexibility index (Phi) is 12.0. The molecule has 3 unspecified atom stereocenters. The van der Waals surface area contributed by atoms with Crippen LogP contribution in [0, 0.1) is 0 Å². The summed E-state index contributed by atoms with van der Waals surface area (Å²) < 4.78 is 0. The van der Waals surface area contributed by atoms with Crippen molar-refractivity contribution in [1.29, 1.82) is 0 Å². The monoisotopic (exact) mass is 308 g/mol. The molecular formula is C20H37P. The summed E-state index contributed by atoms with van der Waals surface area (Å²) in [6, 6.07) is 11.3. The lowest BCUT2D eigenvalue weighted by Crippen LogP contribution is -2.17. The van der Waals surface area contributed by atoms with E-state index in [0.717, 1.165) is 11.6 Å². The van der Waals surface area contributed by atoms with Gasteiger partial charge in [-0.25, -0.2) is 0 Å². The van der Waals surface area contributed by atoms with Gasteiger partial charge in [0.25, 0.3) is 0 Å². The molecular weight excluding hydrogens is 271 g/mol. The van der Waals surface area contributed by atoms with Crippen molar-refractivity contribution in [2.75, 3.05) is 6.16 Å². The molecule has 1 aliphatic rings. The average molecular weight is 308 g/mol. The summed E-state index contributed by atoms with van der Waals surface area (Å²) in [6.07, 6.45) is 13.0. The summed E-state index contributed by atoms with van der Waals surface area (Å²) in [4.78, 5) is 0. The van der Waals surface area contributed by atoms with E-state index in [9.17, 15) is 0 Å². The van der Waals surface area contributed by atoms with Gasteiger partial charge in [-0.2, -0.15) is 0 Å². The van der Waals surface area contributed by atoms with Crippen LogP contribution in [-0.4, -0.2) is 11.8 Å². The van der Waals surface area contributed by atoms with Crippen LogP contribution in [0.1, 0.15) is 84.6 Å². The lowest BCUT2D eigenvalue weighted by atomic mass is 9.85. The average Bonchev–Trinajstić information content (AvgIpc) is 2.42. The van der Waals surface area contributed by atoms with Crippen LogP contribution in [0.15, 0.2) is 30.3 Å². The predicted molar refractivity (Wildman–Crippen MR) is 102 cm³/mol. The van der Waals surface area contributed by atoms with Crippen molar-refractivity contribution in [3.63, 3.8) is 0 Å². The van der Waals surface area contributed by atoms with Crippen molar-refractivity contribution in [3.8, 4) is 0 Å². The molecule has 2 rings (SSSR count). The molecule has 0 radical (unpaired) electrons. The van der Waals surface area contributed by atoms with Gasteiger partial charge in [0.05, 0.1) is 0 Å². The van der Waals surface area contributed by atoms with Gasteiger partial charge in [0, 0.05) is 0 Å². The third-order valence-corrected chi connectivity index (χ3v) is 6.29. The van der Waals surface area contributed by atoms with E-state index in [1.165, 1.54) is 66.1 Å². The van der Waals surface area contributed by atoms with Crippen LogP contribution in [0.3, 0.4) is 0 Å². The zero-order valence-corrected chi connectivity index (χ0v) is 13.4. The largest absolute Gasteiger partial charge is 0.118 e. The van der Waals surface area contributed by atoms with Gasteiger partial charge in [0.2, 0.25) is 0 Å². The van der Waals surface area contributed by atoms with Crippen LogP contribution in [0.25, 0.3) is 0 Å². The van der Waals surface area contributed by atoms with Gasteiger partial charge >= 0.3 is 0 Å². The molecule has 21 heavy (non-hydrogen) atoms. The van der Waals surface area contributed by atoms with Crippen LogP contribution in [0.4, 0.5) is 0 Å². The molecule has 1 fully saturated rings. The fourth-order valence-electron chi connectivity index (χ4n) is 3.29. The Labute approximate surface area is 135 Å². The molecule has 1 saturated carbocycles. The molecule has 1 aromatic carbocycles. The molecule has 0 heterocycles. The highest BCUT2D eigenvalue weighted by Gasteiger charge is 2.23. The Hall–Kier alpha value is -0.350. The van der Waals surface area contributed by atoms with Crippen LogP contribution < -0.4 is 0 Å². The number of rotatable bonds is 5. The third kappa shape index (κ3) is 6.96. The van der Waals surface area contributed by atoms with Crippen molar-refractivity contribution >= 4 is 8.58 Å². The molecule has 1 heteroatoms. The van der Waals surface area contributed by atoms with Gasteiger partial charge in [-0.1, -0.05) is 84.2 Å². The lowest BCUT2D eigenvalue weighted by Gasteiger charge is -2.30. The molecule has 0 amide bonds. The van der Waals surface area contributed by atoms with Crippen LogP contribution >= 0.6 is 8.58 Å². The minimum Gasteiger partial charge on any atom is -0.118 e. The van der Waals surface area contributed by atoms with Gasteiger partial charge in [0.1, 0.15) is 0 Å². The van der Waals surface area contributed by atoms with Crippen molar-refractivity contribution in [2.45, 2.75) is 84.7 Å². The Bertz CT molecular complexity index is 333. The van der Waals surface area contributed by atoms with E-state index in [1.54, 1.807) is 5.56 Å². The molecule has 0 bridgehead atoms. The quantitative estimate of drug-likeness (QED) is 0.397. The summed E-state index contributed by atoms with van der Waals surface area (Å²) in [6.45, 7) is 2.32. The standard InChI is InChI=1S/C18H29P.2CH4/c1-2-3-15-19-18-14-10-5-4-9-13-17(18)16-11-7-6-8-12-16;;/h6-8,11-12,17-19H,2-5,9-10,13-15H2,1H3;2*1H4. The van der Waals surface area contributed by atoms with Crippen molar-refractivity contribution in [3.05, 3.63) is 35.9 Å². The van der Waals surface area contributed by atoms with E-state index < -0.39 is 0 Å². The zero-order valence-electron chi connectivity index (χ0n) is 12.4. The first-order valence-electron chi connectivity index (χ1n) is 8.20. The Morgan fingerprint density at radius 1 is 0.952 bits per heavy atom. The number of hydrogen-bond donors (Lipinski definition) is 0. The van der Waals surface area contributed by atoms with E-state index in [4.69, 9.17) is 0 Å². The smallest absolute Gasteiger partial charge is 0.00966 e. The molecule has 1 aliphatic carbocycles. The second-order valence-corrected chi connectivity index (χ2v) is 7.57. The topological polar surface area (TPSA) is 0 Å². The van der Waals surface area contributed by atoms with Gasteiger partial charge in [-0.3, -0.25) is 0 Å². The van der Waals surface area contributed by atoms with Gasteiger partial charge in [-0.15, -0.1) is 8.58 Å². The first-order chi connectivity index (χ1) is 9.42. The number of unbranched alkanes of at least 4 members (excludes halogenated alkanes) is 1. The second kappa shape index (κ2) is 12.2. The molecule has 3 atom stereocenters. The normalized spacial score (nSPS) is 22.9. The van der Waals surface area contributed by atoms with E-state index in [-0.39, 0.29) is 14.9 Å². The summed E-state index contributed by atoms with van der Waals surface area (Å²) in [5.41, 5.74) is 2.58. The van der Waals surface area contributed by atoms with Crippen molar-refractivity contribution in [1.82, 2.24) is 0 Å². The maximum Gasteiger partial charge on any atom is -0.00966 e. The summed E-state index contributed by atoms with van der Waals surface area (Å²) in [7, 11) is 1.19. The van der Waals surface area contributed by atoms with E-state index in [0.29, 0.717) is 0 Å². The first kappa shape index (κ1) is 20.6. The molecule has 1 aromatic rings. The molecule has 0 N–H and O–H groups in total. The molecule has 0 aromatic heterocycles.